The highest BCUT2D eigenvalue weighted by molar-refractivity contribution is 8.02. The Bertz CT molecular complexity index is 1200. The first-order valence-electron chi connectivity index (χ1n) is 12.5. The van der Waals surface area contributed by atoms with Crippen LogP contribution >= 0.6 is 11.8 Å². The quantitative estimate of drug-likeness (QED) is 0.535. The summed E-state index contributed by atoms with van der Waals surface area (Å²) in [5.74, 6) is -1.74. The highest BCUT2D eigenvalue weighted by Crippen LogP contribution is 2.71. The molecule has 8 heteroatoms. The molecule has 0 aromatic heterocycles. The molecular formula is C28H33N3O4S. The molecule has 3 aliphatic heterocycles. The van der Waals surface area contributed by atoms with Crippen LogP contribution in [0.4, 0.5) is 5.69 Å². The average molecular weight is 508 g/mol. The van der Waals surface area contributed by atoms with Gasteiger partial charge in [0.25, 0.3) is 0 Å². The molecule has 2 unspecified atom stereocenters. The summed E-state index contributed by atoms with van der Waals surface area (Å²) in [7, 11) is 0. The highest BCUT2D eigenvalue weighted by atomic mass is 32.2. The Balaban J connectivity index is 1.45. The molecular weight excluding hydrogens is 474 g/mol. The fraction of sp³-hybridized carbons (Fsp3) is 0.464. The number of carbonyl (C=O) groups is 3. The van der Waals surface area contributed by atoms with E-state index in [0.29, 0.717) is 13.0 Å². The van der Waals surface area contributed by atoms with Gasteiger partial charge in [-0.2, -0.15) is 0 Å². The van der Waals surface area contributed by atoms with Crippen LogP contribution < -0.4 is 10.6 Å². The third-order valence-electron chi connectivity index (χ3n) is 8.11. The van der Waals surface area contributed by atoms with Crippen molar-refractivity contribution >= 4 is 35.2 Å². The van der Waals surface area contributed by atoms with Crippen LogP contribution in [0.1, 0.15) is 36.5 Å². The number of hydrogen-bond acceptors (Lipinski definition) is 5. The Hall–Kier alpha value is -2.84. The summed E-state index contributed by atoms with van der Waals surface area (Å²) >= 11 is 1.63. The molecule has 5 atom stereocenters. The zero-order chi connectivity index (χ0) is 25.7. The van der Waals surface area contributed by atoms with Crippen LogP contribution in [0.2, 0.25) is 0 Å². The molecule has 2 aromatic carbocycles. The minimum Gasteiger partial charge on any atom is -0.395 e. The number of rotatable bonds is 7. The molecule has 3 heterocycles. The molecule has 3 fully saturated rings. The number of hydrogen-bond donors (Lipinski definition) is 3. The second-order valence-corrected chi connectivity index (χ2v) is 12.4. The summed E-state index contributed by atoms with van der Waals surface area (Å²) < 4.78 is -1.12. The lowest BCUT2D eigenvalue weighted by atomic mass is 9.66. The normalized spacial score (nSPS) is 30.4. The van der Waals surface area contributed by atoms with Gasteiger partial charge in [-0.25, -0.2) is 0 Å². The van der Waals surface area contributed by atoms with Gasteiger partial charge in [0.15, 0.2) is 0 Å². The number of anilines is 1. The van der Waals surface area contributed by atoms with Crippen molar-refractivity contribution in [1.29, 1.82) is 0 Å². The van der Waals surface area contributed by atoms with Crippen molar-refractivity contribution in [3.8, 4) is 0 Å². The first-order valence-corrected chi connectivity index (χ1v) is 13.3. The first kappa shape index (κ1) is 24.8. The van der Waals surface area contributed by atoms with Gasteiger partial charge in [0.1, 0.15) is 6.04 Å². The standard InChI is InChI=1S/C28H33N3O4S/c1-17-9-10-18(2)20(15-17)30-25(34)23-28-12-11-27(3,36-28)21(22(28)26(35)31(23)13-14-32)24(33)29-16-19-7-5-4-6-8-19/h4-10,15,21-23,32H,11-14,16H2,1-3H3,(H,29,33)(H,30,34)/t21-,22+,23?,27+,28?/m1/s1. The maximum Gasteiger partial charge on any atom is 0.248 e. The molecule has 0 saturated carbocycles. The van der Waals surface area contributed by atoms with Crippen molar-refractivity contribution in [1.82, 2.24) is 10.2 Å². The smallest absolute Gasteiger partial charge is 0.248 e. The average Bonchev–Trinajstić information content (AvgIpc) is 3.42. The van der Waals surface area contributed by atoms with Crippen LogP contribution in [-0.2, 0) is 20.9 Å². The lowest BCUT2D eigenvalue weighted by molar-refractivity contribution is -0.140. The summed E-state index contributed by atoms with van der Waals surface area (Å²) in [6.45, 7) is 6.18. The number of aryl methyl sites for hydroxylation is 2. The zero-order valence-electron chi connectivity index (χ0n) is 20.9. The van der Waals surface area contributed by atoms with E-state index in [1.54, 1.807) is 11.8 Å². The Morgan fingerprint density at radius 1 is 1.11 bits per heavy atom. The van der Waals surface area contributed by atoms with Crippen LogP contribution in [0.15, 0.2) is 48.5 Å². The Labute approximate surface area is 216 Å². The molecule has 2 bridgehead atoms. The number of thioether (sulfide) groups is 1. The van der Waals surface area contributed by atoms with E-state index in [1.165, 1.54) is 4.90 Å². The first-order chi connectivity index (χ1) is 17.2. The highest BCUT2D eigenvalue weighted by Gasteiger charge is 2.77. The van der Waals surface area contributed by atoms with Gasteiger partial charge in [-0.15, -0.1) is 11.8 Å². The van der Waals surface area contributed by atoms with Gasteiger partial charge in [0.2, 0.25) is 17.7 Å². The predicted octanol–water partition coefficient (Wildman–Crippen LogP) is 3.03. The largest absolute Gasteiger partial charge is 0.395 e. The lowest BCUT2D eigenvalue weighted by Gasteiger charge is -2.35. The van der Waals surface area contributed by atoms with Gasteiger partial charge in [-0.05, 0) is 56.4 Å². The summed E-state index contributed by atoms with van der Waals surface area (Å²) in [4.78, 5) is 42.7. The molecule has 190 valence electrons. The maximum atomic E-state index is 13.8. The summed E-state index contributed by atoms with van der Waals surface area (Å²) in [6.07, 6.45) is 1.44. The minimum absolute atomic E-state index is 0.0671. The third kappa shape index (κ3) is 3.91. The number of benzene rings is 2. The summed E-state index contributed by atoms with van der Waals surface area (Å²) in [5, 5.41) is 15.9. The van der Waals surface area contributed by atoms with Crippen molar-refractivity contribution in [2.24, 2.45) is 11.8 Å². The monoisotopic (exact) mass is 507 g/mol. The predicted molar refractivity (Wildman–Crippen MR) is 140 cm³/mol. The van der Waals surface area contributed by atoms with Gasteiger partial charge >= 0.3 is 0 Å². The van der Waals surface area contributed by atoms with Crippen molar-refractivity contribution in [2.75, 3.05) is 18.5 Å². The summed E-state index contributed by atoms with van der Waals surface area (Å²) in [5.41, 5.74) is 3.68. The maximum absolute atomic E-state index is 13.8. The van der Waals surface area contributed by atoms with E-state index >= 15 is 0 Å². The van der Waals surface area contributed by atoms with Crippen molar-refractivity contribution in [3.63, 3.8) is 0 Å². The number of carbonyl (C=O) groups excluding carboxylic acids is 3. The Morgan fingerprint density at radius 3 is 2.58 bits per heavy atom. The number of aliphatic hydroxyl groups is 1. The lowest BCUT2D eigenvalue weighted by Crippen LogP contribution is -2.52. The van der Waals surface area contributed by atoms with Crippen molar-refractivity contribution < 1.29 is 19.5 Å². The third-order valence-corrected chi connectivity index (χ3v) is 10.1. The van der Waals surface area contributed by atoms with E-state index < -0.39 is 27.4 Å². The fourth-order valence-corrected chi connectivity index (χ4v) is 8.80. The zero-order valence-corrected chi connectivity index (χ0v) is 21.7. The molecule has 7 nitrogen and oxygen atoms in total. The number of nitrogens with zero attached hydrogens (tertiary/aromatic N) is 1. The van der Waals surface area contributed by atoms with E-state index in [2.05, 4.69) is 17.6 Å². The number of fused-ring (bicyclic) bond motifs is 1. The molecule has 5 rings (SSSR count). The molecule has 1 spiro atoms. The fourth-order valence-electron chi connectivity index (χ4n) is 6.44. The van der Waals surface area contributed by atoms with E-state index in [0.717, 1.165) is 28.8 Å². The topological polar surface area (TPSA) is 98.7 Å². The number of nitrogens with one attached hydrogen (secondary N) is 2. The SMILES string of the molecule is Cc1ccc(C)c(NC(=O)C2N(CCO)C(=O)[C@@H]3[C@H](C(=O)NCc4ccccc4)[C@]4(C)CCC23S4)c1. The van der Waals surface area contributed by atoms with E-state index in [1.807, 2.05) is 62.4 Å². The molecule has 3 saturated heterocycles. The number of aliphatic hydroxyl groups excluding tert-OH is 1. The molecule has 2 aromatic rings. The van der Waals surface area contributed by atoms with Crippen LogP contribution in [0, 0.1) is 25.7 Å². The second kappa shape index (κ2) is 9.23. The molecule has 3 N–H and O–H groups in total. The molecule has 3 amide bonds. The number of β-amino-alcohol motifs (C(OH)–C–C–N with tert-alkyl or cyclic N) is 1. The minimum atomic E-state index is -0.749. The Kier molecular flexibility index (Phi) is 6.37. The van der Waals surface area contributed by atoms with Crippen LogP contribution in [-0.4, -0.2) is 56.4 Å². The molecule has 3 aliphatic rings. The van der Waals surface area contributed by atoms with E-state index in [4.69, 9.17) is 0 Å². The summed E-state index contributed by atoms with van der Waals surface area (Å²) in [6, 6.07) is 14.8. The van der Waals surface area contributed by atoms with Gasteiger partial charge in [0.05, 0.1) is 23.2 Å². The molecule has 36 heavy (non-hydrogen) atoms. The number of amides is 3. The molecule has 0 radical (unpaired) electrons. The van der Waals surface area contributed by atoms with E-state index in [-0.39, 0.29) is 30.9 Å². The van der Waals surface area contributed by atoms with Gasteiger partial charge in [-0.3, -0.25) is 14.4 Å². The van der Waals surface area contributed by atoms with Gasteiger partial charge in [0, 0.05) is 23.5 Å². The number of likely N-dealkylation sites (tertiary alicyclic amines) is 1. The van der Waals surface area contributed by atoms with Crippen LogP contribution in [0.5, 0.6) is 0 Å². The van der Waals surface area contributed by atoms with Crippen molar-refractivity contribution in [3.05, 3.63) is 65.2 Å². The van der Waals surface area contributed by atoms with Crippen LogP contribution in [0.3, 0.4) is 0 Å². The van der Waals surface area contributed by atoms with Gasteiger partial charge in [-0.1, -0.05) is 42.5 Å². The van der Waals surface area contributed by atoms with Gasteiger partial charge < -0.3 is 20.6 Å². The van der Waals surface area contributed by atoms with Crippen molar-refractivity contribution in [2.45, 2.75) is 55.7 Å². The van der Waals surface area contributed by atoms with E-state index in [9.17, 15) is 19.5 Å². The van der Waals surface area contributed by atoms with Crippen LogP contribution in [0.25, 0.3) is 0 Å². The molecule has 0 aliphatic carbocycles. The Morgan fingerprint density at radius 2 is 1.86 bits per heavy atom. The second-order valence-electron chi connectivity index (χ2n) is 10.5.